The van der Waals surface area contributed by atoms with Gasteiger partial charge < -0.3 is 16.0 Å². The average Bonchev–Trinajstić information content (AvgIpc) is 2.93. The van der Waals surface area contributed by atoms with E-state index in [1.165, 1.54) is 0 Å². The molecule has 1 saturated carbocycles. The standard InChI is InChI=1S/C11H19N3O2/c12-6-5-10(15)14-7-1-2-9(14)11(16)13-8-3-4-8/h8-9H,1-7,12H2,(H,13,16). The number of carbonyl (C=O) groups is 2. The average molecular weight is 225 g/mol. The van der Waals surface area contributed by atoms with E-state index in [4.69, 9.17) is 5.73 Å². The third-order valence-electron chi connectivity index (χ3n) is 3.16. The van der Waals surface area contributed by atoms with Crippen molar-refractivity contribution in [3.8, 4) is 0 Å². The molecule has 0 aromatic rings. The van der Waals surface area contributed by atoms with Crippen molar-refractivity contribution in [2.24, 2.45) is 5.73 Å². The van der Waals surface area contributed by atoms with Gasteiger partial charge in [0, 0.05) is 25.6 Å². The Kier molecular flexibility index (Phi) is 3.43. The summed E-state index contributed by atoms with van der Waals surface area (Å²) in [7, 11) is 0. The molecule has 1 saturated heterocycles. The fourth-order valence-corrected chi connectivity index (χ4v) is 2.13. The molecule has 1 aliphatic carbocycles. The monoisotopic (exact) mass is 225 g/mol. The first-order chi connectivity index (χ1) is 7.72. The summed E-state index contributed by atoms with van der Waals surface area (Å²) >= 11 is 0. The fourth-order valence-electron chi connectivity index (χ4n) is 2.13. The van der Waals surface area contributed by atoms with Crippen molar-refractivity contribution in [3.05, 3.63) is 0 Å². The number of nitrogens with zero attached hydrogens (tertiary/aromatic N) is 1. The van der Waals surface area contributed by atoms with E-state index in [9.17, 15) is 9.59 Å². The number of likely N-dealkylation sites (tertiary alicyclic amines) is 1. The molecule has 1 unspecified atom stereocenters. The predicted octanol–water partition coefficient (Wildman–Crippen LogP) is -0.395. The van der Waals surface area contributed by atoms with Crippen molar-refractivity contribution in [1.82, 2.24) is 10.2 Å². The van der Waals surface area contributed by atoms with E-state index in [1.807, 2.05) is 0 Å². The highest BCUT2D eigenvalue weighted by Gasteiger charge is 2.35. The minimum Gasteiger partial charge on any atom is -0.352 e. The highest BCUT2D eigenvalue weighted by atomic mass is 16.2. The number of nitrogens with two attached hydrogens (primary N) is 1. The van der Waals surface area contributed by atoms with Gasteiger partial charge in [0.25, 0.3) is 0 Å². The van der Waals surface area contributed by atoms with E-state index in [-0.39, 0.29) is 17.9 Å². The zero-order valence-electron chi connectivity index (χ0n) is 9.45. The Balaban J connectivity index is 1.90. The van der Waals surface area contributed by atoms with Crippen LogP contribution in [-0.2, 0) is 9.59 Å². The van der Waals surface area contributed by atoms with Crippen LogP contribution >= 0.6 is 0 Å². The maximum absolute atomic E-state index is 11.9. The lowest BCUT2D eigenvalue weighted by molar-refractivity contribution is -0.138. The quantitative estimate of drug-likeness (QED) is 0.684. The van der Waals surface area contributed by atoms with Gasteiger partial charge in [0.2, 0.25) is 11.8 Å². The summed E-state index contributed by atoms with van der Waals surface area (Å²) in [6.45, 7) is 1.05. The van der Waals surface area contributed by atoms with Gasteiger partial charge in [0.15, 0.2) is 0 Å². The van der Waals surface area contributed by atoms with E-state index in [2.05, 4.69) is 5.32 Å². The number of carbonyl (C=O) groups excluding carboxylic acids is 2. The topological polar surface area (TPSA) is 75.4 Å². The largest absolute Gasteiger partial charge is 0.352 e. The molecule has 5 nitrogen and oxygen atoms in total. The summed E-state index contributed by atoms with van der Waals surface area (Å²) in [4.78, 5) is 25.3. The van der Waals surface area contributed by atoms with Crippen LogP contribution < -0.4 is 11.1 Å². The van der Waals surface area contributed by atoms with Crippen molar-refractivity contribution in [1.29, 1.82) is 0 Å². The van der Waals surface area contributed by atoms with Crippen LogP contribution in [0.2, 0.25) is 0 Å². The summed E-state index contributed by atoms with van der Waals surface area (Å²) in [5.74, 6) is 0.0290. The van der Waals surface area contributed by atoms with E-state index < -0.39 is 0 Å². The molecule has 0 aromatic carbocycles. The molecule has 1 heterocycles. The zero-order chi connectivity index (χ0) is 11.5. The van der Waals surface area contributed by atoms with Gasteiger partial charge in [-0.05, 0) is 25.7 Å². The first-order valence-corrected chi connectivity index (χ1v) is 6.02. The van der Waals surface area contributed by atoms with Gasteiger partial charge in [-0.3, -0.25) is 9.59 Å². The molecule has 0 spiro atoms. The molecule has 90 valence electrons. The maximum Gasteiger partial charge on any atom is 0.243 e. The minimum absolute atomic E-state index is 0.0101. The number of hydrogen-bond acceptors (Lipinski definition) is 3. The van der Waals surface area contributed by atoms with Crippen molar-refractivity contribution in [2.45, 2.75) is 44.2 Å². The lowest BCUT2D eigenvalue weighted by atomic mass is 10.2. The molecule has 0 aromatic heterocycles. The number of hydrogen-bond donors (Lipinski definition) is 2. The zero-order valence-corrected chi connectivity index (χ0v) is 9.45. The predicted molar refractivity (Wildman–Crippen MR) is 59.6 cm³/mol. The van der Waals surface area contributed by atoms with Crippen LogP contribution in [0.15, 0.2) is 0 Å². The molecule has 2 amide bonds. The smallest absolute Gasteiger partial charge is 0.243 e. The van der Waals surface area contributed by atoms with Crippen LogP contribution in [0, 0.1) is 0 Å². The van der Waals surface area contributed by atoms with E-state index >= 15 is 0 Å². The SMILES string of the molecule is NCCC(=O)N1CCCC1C(=O)NC1CC1. The second kappa shape index (κ2) is 4.82. The maximum atomic E-state index is 11.9. The molecule has 2 rings (SSSR count). The normalized spacial score (nSPS) is 24.6. The molecule has 0 radical (unpaired) electrons. The van der Waals surface area contributed by atoms with Crippen molar-refractivity contribution < 1.29 is 9.59 Å². The van der Waals surface area contributed by atoms with Gasteiger partial charge in [-0.25, -0.2) is 0 Å². The Labute approximate surface area is 95.3 Å². The Morgan fingerprint density at radius 2 is 2.06 bits per heavy atom. The van der Waals surface area contributed by atoms with Crippen molar-refractivity contribution in [3.63, 3.8) is 0 Å². The van der Waals surface area contributed by atoms with Gasteiger partial charge in [0.05, 0.1) is 0 Å². The van der Waals surface area contributed by atoms with Crippen LogP contribution in [0.5, 0.6) is 0 Å². The second-order valence-electron chi connectivity index (χ2n) is 4.57. The summed E-state index contributed by atoms with van der Waals surface area (Å²) in [5, 5.41) is 2.96. The molecule has 5 heteroatoms. The van der Waals surface area contributed by atoms with Gasteiger partial charge in [0.1, 0.15) is 6.04 Å². The molecular weight excluding hydrogens is 206 g/mol. The molecule has 2 aliphatic rings. The number of rotatable bonds is 4. The van der Waals surface area contributed by atoms with E-state index in [1.54, 1.807) is 4.90 Å². The molecule has 1 aliphatic heterocycles. The van der Waals surface area contributed by atoms with Gasteiger partial charge >= 0.3 is 0 Å². The van der Waals surface area contributed by atoms with Crippen LogP contribution in [0.3, 0.4) is 0 Å². The van der Waals surface area contributed by atoms with Crippen LogP contribution in [0.1, 0.15) is 32.1 Å². The third-order valence-corrected chi connectivity index (χ3v) is 3.16. The summed E-state index contributed by atoms with van der Waals surface area (Å²) in [6.07, 6.45) is 4.20. The Bertz CT molecular complexity index is 289. The first kappa shape index (κ1) is 11.4. The summed E-state index contributed by atoms with van der Waals surface area (Å²) in [5.41, 5.74) is 5.36. The Morgan fingerprint density at radius 3 is 2.69 bits per heavy atom. The molecule has 1 atom stereocenters. The Morgan fingerprint density at radius 1 is 1.31 bits per heavy atom. The van der Waals surface area contributed by atoms with Crippen molar-refractivity contribution >= 4 is 11.8 Å². The highest BCUT2D eigenvalue weighted by molar-refractivity contribution is 5.88. The highest BCUT2D eigenvalue weighted by Crippen LogP contribution is 2.22. The van der Waals surface area contributed by atoms with Gasteiger partial charge in [-0.15, -0.1) is 0 Å². The molecule has 2 fully saturated rings. The van der Waals surface area contributed by atoms with E-state index in [0.717, 1.165) is 25.7 Å². The number of amides is 2. The third kappa shape index (κ3) is 2.52. The lowest BCUT2D eigenvalue weighted by Crippen LogP contribution is -2.46. The van der Waals surface area contributed by atoms with Crippen LogP contribution in [-0.4, -0.2) is 41.9 Å². The second-order valence-corrected chi connectivity index (χ2v) is 4.57. The van der Waals surface area contributed by atoms with Gasteiger partial charge in [-0.1, -0.05) is 0 Å². The van der Waals surface area contributed by atoms with Crippen LogP contribution in [0.25, 0.3) is 0 Å². The Hall–Kier alpha value is -1.10. The van der Waals surface area contributed by atoms with Crippen LogP contribution in [0.4, 0.5) is 0 Å². The van der Waals surface area contributed by atoms with Crippen molar-refractivity contribution in [2.75, 3.05) is 13.1 Å². The number of nitrogens with one attached hydrogen (secondary N) is 1. The molecule has 3 N–H and O–H groups in total. The van der Waals surface area contributed by atoms with Gasteiger partial charge in [-0.2, -0.15) is 0 Å². The first-order valence-electron chi connectivity index (χ1n) is 6.02. The lowest BCUT2D eigenvalue weighted by Gasteiger charge is -2.23. The van der Waals surface area contributed by atoms with E-state index in [0.29, 0.717) is 25.6 Å². The summed E-state index contributed by atoms with van der Waals surface area (Å²) in [6, 6.07) is 0.110. The molecular formula is C11H19N3O2. The molecule has 0 bridgehead atoms. The fraction of sp³-hybridized carbons (Fsp3) is 0.818. The minimum atomic E-state index is -0.250. The summed E-state index contributed by atoms with van der Waals surface area (Å²) < 4.78 is 0. The molecule has 16 heavy (non-hydrogen) atoms.